The number of aliphatic hydroxyl groups excluding tert-OH is 6. The molecule has 2 heterocycles. The second kappa shape index (κ2) is 11.4. The number of benzene rings is 1. The zero-order valence-corrected chi connectivity index (χ0v) is 18.6. The number of ether oxygens (including phenoxy) is 3. The van der Waals surface area contributed by atoms with Gasteiger partial charge in [-0.25, -0.2) is 0 Å². The molecule has 0 bridgehead atoms. The van der Waals surface area contributed by atoms with Crippen LogP contribution in [-0.4, -0.2) is 127 Å². The summed E-state index contributed by atoms with van der Waals surface area (Å²) >= 11 is 0. The van der Waals surface area contributed by atoms with Gasteiger partial charge in [0.2, 0.25) is 5.79 Å². The zero-order chi connectivity index (χ0) is 25.9. The predicted octanol–water partition coefficient (Wildman–Crippen LogP) is -4.32. The van der Waals surface area contributed by atoms with E-state index in [1.807, 2.05) is 0 Å². The summed E-state index contributed by atoms with van der Waals surface area (Å²) in [6.07, 6.45) is -12.7. The summed E-state index contributed by atoms with van der Waals surface area (Å²) in [5.41, 5.74) is 6.69. The molecule has 2 fully saturated rings. The number of carbonyl (C=O) groups is 1. The molecular formula is C21H32N2O12. The van der Waals surface area contributed by atoms with Crippen LogP contribution in [-0.2, 0) is 25.4 Å². The maximum absolute atomic E-state index is 10.9. The third-order valence-corrected chi connectivity index (χ3v) is 6.07. The number of hydrogen-bond acceptors (Lipinski definition) is 13. The SMILES string of the molecule is N[C@@H](Cc1ccc(NCC2(O)OC[C@@H](O)[C@@H](O[C@@H]3O[C@H](CO)[C@H](O)[C@H](O)[C@H]3O)[C@@H]2O)cc1)C(=O)O. The summed E-state index contributed by atoms with van der Waals surface area (Å²) < 4.78 is 15.9. The van der Waals surface area contributed by atoms with E-state index >= 15 is 0 Å². The predicted molar refractivity (Wildman–Crippen MR) is 116 cm³/mol. The number of rotatable bonds is 9. The first-order chi connectivity index (χ1) is 16.5. The molecule has 0 saturated carbocycles. The van der Waals surface area contributed by atoms with Gasteiger partial charge in [-0.2, -0.15) is 0 Å². The topological polar surface area (TPSA) is 245 Å². The molecule has 2 saturated heterocycles. The van der Waals surface area contributed by atoms with E-state index in [0.29, 0.717) is 11.3 Å². The van der Waals surface area contributed by atoms with Gasteiger partial charge < -0.3 is 66.1 Å². The molecule has 11 N–H and O–H groups in total. The number of nitrogens with two attached hydrogens (primary N) is 1. The summed E-state index contributed by atoms with van der Waals surface area (Å²) in [6, 6.07) is 5.45. The van der Waals surface area contributed by atoms with E-state index in [4.69, 9.17) is 25.1 Å². The Labute approximate surface area is 200 Å². The fraction of sp³-hybridized carbons (Fsp3) is 0.667. The molecule has 0 aromatic heterocycles. The van der Waals surface area contributed by atoms with E-state index in [1.54, 1.807) is 24.3 Å². The number of aliphatic hydroxyl groups is 7. The largest absolute Gasteiger partial charge is 0.480 e. The van der Waals surface area contributed by atoms with Crippen LogP contribution in [0.5, 0.6) is 0 Å². The molecule has 0 spiro atoms. The lowest BCUT2D eigenvalue weighted by molar-refractivity contribution is -0.365. The smallest absolute Gasteiger partial charge is 0.320 e. The van der Waals surface area contributed by atoms with Crippen molar-refractivity contribution in [1.82, 2.24) is 0 Å². The summed E-state index contributed by atoms with van der Waals surface area (Å²) in [5.74, 6) is -3.37. The van der Waals surface area contributed by atoms with Crippen molar-refractivity contribution in [2.75, 3.05) is 25.1 Å². The minimum atomic E-state index is -2.25. The van der Waals surface area contributed by atoms with Crippen LogP contribution in [0, 0.1) is 0 Å². The van der Waals surface area contributed by atoms with Crippen molar-refractivity contribution < 1.29 is 59.9 Å². The number of anilines is 1. The van der Waals surface area contributed by atoms with Gasteiger partial charge in [0.15, 0.2) is 6.29 Å². The van der Waals surface area contributed by atoms with Crippen molar-refractivity contribution in [3.63, 3.8) is 0 Å². The Kier molecular flexibility index (Phi) is 9.01. The average Bonchev–Trinajstić information content (AvgIpc) is 2.84. The van der Waals surface area contributed by atoms with Crippen LogP contribution in [0.1, 0.15) is 5.56 Å². The fourth-order valence-electron chi connectivity index (χ4n) is 3.86. The Bertz CT molecular complexity index is 842. The molecule has 2 aliphatic rings. The molecule has 0 aliphatic carbocycles. The van der Waals surface area contributed by atoms with Gasteiger partial charge >= 0.3 is 5.97 Å². The lowest BCUT2D eigenvalue weighted by Gasteiger charge is -2.46. The third-order valence-electron chi connectivity index (χ3n) is 6.07. The molecule has 0 radical (unpaired) electrons. The van der Waals surface area contributed by atoms with E-state index in [-0.39, 0.29) is 13.0 Å². The van der Waals surface area contributed by atoms with Gasteiger partial charge in [0.05, 0.1) is 19.8 Å². The average molecular weight is 504 g/mol. The summed E-state index contributed by atoms with van der Waals surface area (Å²) in [6.45, 7) is -1.51. The number of nitrogens with one attached hydrogen (secondary N) is 1. The Morgan fingerprint density at radius 1 is 1.14 bits per heavy atom. The zero-order valence-electron chi connectivity index (χ0n) is 18.6. The Morgan fingerprint density at radius 3 is 2.40 bits per heavy atom. The highest BCUT2D eigenvalue weighted by atomic mass is 16.7. The molecule has 198 valence electrons. The van der Waals surface area contributed by atoms with Gasteiger partial charge in [0, 0.05) is 5.69 Å². The molecule has 3 rings (SSSR count). The van der Waals surface area contributed by atoms with E-state index in [9.17, 15) is 40.5 Å². The third kappa shape index (κ3) is 6.25. The van der Waals surface area contributed by atoms with Gasteiger partial charge in [-0.1, -0.05) is 12.1 Å². The van der Waals surface area contributed by atoms with Gasteiger partial charge in [-0.15, -0.1) is 0 Å². The lowest BCUT2D eigenvalue weighted by atomic mass is 9.95. The maximum atomic E-state index is 10.9. The number of aliphatic carboxylic acids is 1. The van der Waals surface area contributed by atoms with Gasteiger partial charge in [-0.05, 0) is 24.1 Å². The van der Waals surface area contributed by atoms with Gasteiger partial charge in [0.1, 0.15) is 48.8 Å². The van der Waals surface area contributed by atoms with Crippen molar-refractivity contribution in [1.29, 1.82) is 0 Å². The second-order valence-corrected chi connectivity index (χ2v) is 8.67. The fourth-order valence-corrected chi connectivity index (χ4v) is 3.86. The summed E-state index contributed by atoms with van der Waals surface area (Å²) in [5, 5.41) is 82.9. The van der Waals surface area contributed by atoms with Crippen LogP contribution in [0.4, 0.5) is 5.69 Å². The highest BCUT2D eigenvalue weighted by Gasteiger charge is 2.53. The van der Waals surface area contributed by atoms with Crippen LogP contribution in [0.2, 0.25) is 0 Å². The second-order valence-electron chi connectivity index (χ2n) is 8.67. The molecule has 0 amide bonds. The number of hydrogen-bond donors (Lipinski definition) is 10. The van der Waals surface area contributed by atoms with Crippen molar-refractivity contribution in [2.45, 2.75) is 67.3 Å². The van der Waals surface area contributed by atoms with Crippen LogP contribution in [0.25, 0.3) is 0 Å². The van der Waals surface area contributed by atoms with E-state index in [2.05, 4.69) is 5.32 Å². The lowest BCUT2D eigenvalue weighted by Crippen LogP contribution is -2.67. The van der Waals surface area contributed by atoms with Crippen LogP contribution in [0.3, 0.4) is 0 Å². The minimum absolute atomic E-state index is 0.121. The minimum Gasteiger partial charge on any atom is -0.480 e. The van der Waals surface area contributed by atoms with Gasteiger partial charge in [0.25, 0.3) is 0 Å². The first-order valence-corrected chi connectivity index (χ1v) is 11.0. The quantitative estimate of drug-likeness (QED) is 0.153. The number of carboxylic acids is 1. The first-order valence-electron chi connectivity index (χ1n) is 11.0. The van der Waals surface area contributed by atoms with Gasteiger partial charge in [-0.3, -0.25) is 4.79 Å². The van der Waals surface area contributed by atoms with Crippen molar-refractivity contribution in [3.05, 3.63) is 29.8 Å². The monoisotopic (exact) mass is 504 g/mol. The van der Waals surface area contributed by atoms with Crippen molar-refractivity contribution in [2.24, 2.45) is 5.73 Å². The van der Waals surface area contributed by atoms with Crippen LogP contribution < -0.4 is 11.1 Å². The summed E-state index contributed by atoms with van der Waals surface area (Å²) in [7, 11) is 0. The van der Waals surface area contributed by atoms with Crippen molar-refractivity contribution in [3.8, 4) is 0 Å². The summed E-state index contributed by atoms with van der Waals surface area (Å²) in [4.78, 5) is 10.9. The molecule has 2 aliphatic heterocycles. The Hall–Kier alpha value is -1.95. The molecule has 10 atom stereocenters. The van der Waals surface area contributed by atoms with E-state index in [1.165, 1.54) is 0 Å². The molecule has 14 heteroatoms. The normalized spacial score (nSPS) is 38.6. The van der Waals surface area contributed by atoms with Crippen molar-refractivity contribution >= 4 is 11.7 Å². The first kappa shape index (κ1) is 27.6. The van der Waals surface area contributed by atoms with Crippen LogP contribution in [0.15, 0.2) is 24.3 Å². The maximum Gasteiger partial charge on any atom is 0.320 e. The standard InChI is InChI=1S/C21H32N2O12/c22-11(19(30)31)5-9-1-3-10(4-2-9)23-8-21(32)18(29)17(12(25)7-33-21)35-20-16(28)15(27)14(26)13(6-24)34-20/h1-4,11-18,20,23-29,32H,5-8,22H2,(H,30,31)/t11-,12+,13+,14-,15-,16+,17+,18-,20-,21?/m0/s1. The molecule has 1 aromatic rings. The highest BCUT2D eigenvalue weighted by Crippen LogP contribution is 2.30. The highest BCUT2D eigenvalue weighted by molar-refractivity contribution is 5.73. The molecule has 1 aromatic carbocycles. The number of carboxylic acid groups (broad SMARTS) is 1. The van der Waals surface area contributed by atoms with E-state index in [0.717, 1.165) is 0 Å². The molecular weight excluding hydrogens is 472 g/mol. The molecule has 14 nitrogen and oxygen atoms in total. The molecule has 35 heavy (non-hydrogen) atoms. The van der Waals surface area contributed by atoms with Crippen LogP contribution >= 0.6 is 0 Å². The van der Waals surface area contributed by atoms with E-state index < -0.39 is 80.0 Å². The Morgan fingerprint density at radius 2 is 1.80 bits per heavy atom. The molecule has 1 unspecified atom stereocenters. The Balaban J connectivity index is 1.63.